The van der Waals surface area contributed by atoms with Gasteiger partial charge in [-0.25, -0.2) is 0 Å². The summed E-state index contributed by atoms with van der Waals surface area (Å²) < 4.78 is 5.95. The van der Waals surface area contributed by atoms with Gasteiger partial charge in [0.2, 0.25) is 0 Å². The van der Waals surface area contributed by atoms with Crippen LogP contribution in [0.4, 0.5) is 5.69 Å². The first kappa shape index (κ1) is 19.3. The molecular formula is C23H30N2O2. The number of carbonyl (C=O) groups is 1. The van der Waals surface area contributed by atoms with Gasteiger partial charge in [0.1, 0.15) is 11.9 Å². The van der Waals surface area contributed by atoms with Crippen molar-refractivity contribution in [1.82, 2.24) is 4.90 Å². The highest BCUT2D eigenvalue weighted by atomic mass is 16.5. The van der Waals surface area contributed by atoms with Crippen LogP contribution in [-0.4, -0.2) is 24.0 Å². The Bertz CT molecular complexity index is 760. The molecule has 4 heteroatoms. The van der Waals surface area contributed by atoms with Crippen molar-refractivity contribution in [3.63, 3.8) is 0 Å². The van der Waals surface area contributed by atoms with Crippen LogP contribution in [0.1, 0.15) is 68.0 Å². The van der Waals surface area contributed by atoms with E-state index in [4.69, 9.17) is 4.74 Å². The number of nitrogens with one attached hydrogen (secondary N) is 1. The van der Waals surface area contributed by atoms with E-state index in [1.54, 1.807) is 0 Å². The minimum Gasteiger partial charge on any atom is -0.494 e. The molecule has 1 N–H and O–H groups in total. The molecular weight excluding hydrogens is 336 g/mol. The highest BCUT2D eigenvalue weighted by Crippen LogP contribution is 2.33. The van der Waals surface area contributed by atoms with Crippen LogP contribution in [-0.2, 0) is 0 Å². The third-order valence-corrected chi connectivity index (χ3v) is 5.05. The van der Waals surface area contributed by atoms with Gasteiger partial charge in [-0.1, -0.05) is 56.9 Å². The zero-order valence-electron chi connectivity index (χ0n) is 16.4. The van der Waals surface area contributed by atoms with Gasteiger partial charge in [0.05, 0.1) is 12.2 Å². The molecule has 4 nitrogen and oxygen atoms in total. The number of nitrogens with zero attached hydrogens (tertiary/aromatic N) is 1. The minimum atomic E-state index is -0.175. The Morgan fingerprint density at radius 2 is 1.81 bits per heavy atom. The number of anilines is 1. The molecule has 1 atom stereocenters. The van der Waals surface area contributed by atoms with Crippen molar-refractivity contribution in [3.05, 3.63) is 59.7 Å². The Kier molecular flexibility index (Phi) is 6.74. The molecule has 0 fully saturated rings. The monoisotopic (exact) mass is 366 g/mol. The lowest BCUT2D eigenvalue weighted by Gasteiger charge is -2.37. The summed E-state index contributed by atoms with van der Waals surface area (Å²) in [6, 6.07) is 15.8. The number of carbonyl (C=O) groups excluding carboxylic acids is 1. The van der Waals surface area contributed by atoms with Gasteiger partial charge in [0.15, 0.2) is 0 Å². The van der Waals surface area contributed by atoms with Crippen LogP contribution in [0.15, 0.2) is 48.5 Å². The third-order valence-electron chi connectivity index (χ3n) is 5.05. The fourth-order valence-corrected chi connectivity index (χ4v) is 3.55. The zero-order chi connectivity index (χ0) is 19.1. The van der Waals surface area contributed by atoms with Gasteiger partial charge in [0, 0.05) is 12.2 Å². The molecule has 0 aliphatic carbocycles. The van der Waals surface area contributed by atoms with Gasteiger partial charge >= 0.3 is 0 Å². The van der Waals surface area contributed by atoms with E-state index in [9.17, 15) is 4.79 Å². The molecule has 0 saturated carbocycles. The Balaban J connectivity index is 1.69. The molecule has 1 unspecified atom stereocenters. The highest BCUT2D eigenvalue weighted by molar-refractivity contribution is 6.01. The summed E-state index contributed by atoms with van der Waals surface area (Å²) in [5.41, 5.74) is 2.66. The predicted molar refractivity (Wildman–Crippen MR) is 110 cm³/mol. The van der Waals surface area contributed by atoms with Crippen LogP contribution in [0.2, 0.25) is 0 Å². The van der Waals surface area contributed by atoms with Crippen molar-refractivity contribution in [2.75, 3.05) is 18.5 Å². The number of rotatable bonds is 9. The van der Waals surface area contributed by atoms with Crippen molar-refractivity contribution in [2.45, 2.75) is 52.1 Å². The lowest BCUT2D eigenvalue weighted by molar-refractivity contribution is 0.0694. The van der Waals surface area contributed by atoms with E-state index in [1.807, 2.05) is 54.3 Å². The molecule has 1 aliphatic heterocycles. The van der Waals surface area contributed by atoms with E-state index in [2.05, 4.69) is 18.3 Å². The first-order valence-corrected chi connectivity index (χ1v) is 10.1. The van der Waals surface area contributed by atoms with E-state index in [1.165, 1.54) is 25.7 Å². The molecule has 144 valence electrons. The summed E-state index contributed by atoms with van der Waals surface area (Å²) in [5, 5.41) is 3.51. The number of unbranched alkanes of at least 4 members (excludes halogenated alkanes) is 4. The van der Waals surface area contributed by atoms with Gasteiger partial charge < -0.3 is 15.0 Å². The lowest BCUT2D eigenvalue weighted by atomic mass is 10.0. The van der Waals surface area contributed by atoms with E-state index in [-0.39, 0.29) is 12.1 Å². The normalized spacial score (nSPS) is 16.0. The number of hydrogen-bond acceptors (Lipinski definition) is 3. The van der Waals surface area contributed by atoms with E-state index in [0.29, 0.717) is 6.54 Å². The molecule has 3 rings (SSSR count). The molecule has 0 spiro atoms. The second kappa shape index (κ2) is 9.45. The van der Waals surface area contributed by atoms with Gasteiger partial charge in [-0.05, 0) is 43.2 Å². The molecule has 0 saturated heterocycles. The summed E-state index contributed by atoms with van der Waals surface area (Å²) >= 11 is 0. The standard InChI is InChI=1S/C23H30N2O2/c1-3-5-6-7-10-16-27-19-13-11-12-18(17-19)22-24-21-15-9-8-14-20(21)23(26)25(22)4-2/h8-9,11-15,17,22,24H,3-7,10,16H2,1-2H3. The van der Waals surface area contributed by atoms with Gasteiger partial charge in [0.25, 0.3) is 5.91 Å². The smallest absolute Gasteiger partial charge is 0.257 e. The second-order valence-corrected chi connectivity index (χ2v) is 7.02. The maximum Gasteiger partial charge on any atom is 0.257 e. The Morgan fingerprint density at radius 3 is 2.63 bits per heavy atom. The summed E-state index contributed by atoms with van der Waals surface area (Å²) in [5.74, 6) is 0.936. The molecule has 27 heavy (non-hydrogen) atoms. The largest absolute Gasteiger partial charge is 0.494 e. The molecule has 1 amide bonds. The average molecular weight is 367 g/mol. The van der Waals surface area contributed by atoms with Gasteiger partial charge in [-0.2, -0.15) is 0 Å². The SMILES string of the molecule is CCCCCCCOc1cccc(C2Nc3ccccc3C(=O)N2CC)c1. The predicted octanol–water partition coefficient (Wildman–Crippen LogP) is 5.62. The van der Waals surface area contributed by atoms with Crippen molar-refractivity contribution in [2.24, 2.45) is 0 Å². The molecule has 0 aromatic heterocycles. The Labute approximate surface area is 162 Å². The first-order chi connectivity index (χ1) is 13.2. The van der Waals surface area contributed by atoms with Gasteiger partial charge in [-0.15, -0.1) is 0 Å². The van der Waals surface area contributed by atoms with Gasteiger partial charge in [-0.3, -0.25) is 4.79 Å². The van der Waals surface area contributed by atoms with E-state index >= 15 is 0 Å². The van der Waals surface area contributed by atoms with E-state index in [0.717, 1.165) is 35.6 Å². The van der Waals surface area contributed by atoms with Crippen LogP contribution >= 0.6 is 0 Å². The summed E-state index contributed by atoms with van der Waals surface area (Å²) in [6.45, 7) is 5.62. The lowest BCUT2D eigenvalue weighted by Crippen LogP contribution is -2.42. The molecule has 2 aromatic rings. The highest BCUT2D eigenvalue weighted by Gasteiger charge is 2.31. The Morgan fingerprint density at radius 1 is 1.00 bits per heavy atom. The zero-order valence-corrected chi connectivity index (χ0v) is 16.4. The maximum atomic E-state index is 12.9. The second-order valence-electron chi connectivity index (χ2n) is 7.02. The number of benzene rings is 2. The number of para-hydroxylation sites is 1. The van der Waals surface area contributed by atoms with Crippen LogP contribution in [0.3, 0.4) is 0 Å². The quantitative estimate of drug-likeness (QED) is 0.585. The molecule has 1 heterocycles. The summed E-state index contributed by atoms with van der Waals surface area (Å²) in [7, 11) is 0. The van der Waals surface area contributed by atoms with Crippen molar-refractivity contribution in [3.8, 4) is 5.75 Å². The van der Waals surface area contributed by atoms with Crippen LogP contribution in [0.5, 0.6) is 5.75 Å². The number of amides is 1. The fraction of sp³-hybridized carbons (Fsp3) is 0.435. The summed E-state index contributed by atoms with van der Waals surface area (Å²) in [6.07, 6.45) is 5.95. The molecule has 2 aromatic carbocycles. The summed E-state index contributed by atoms with van der Waals surface area (Å²) in [4.78, 5) is 14.7. The number of hydrogen-bond donors (Lipinski definition) is 1. The van der Waals surface area contributed by atoms with Crippen LogP contribution < -0.4 is 10.1 Å². The molecule has 1 aliphatic rings. The third kappa shape index (κ3) is 4.62. The molecule has 0 radical (unpaired) electrons. The van der Waals surface area contributed by atoms with E-state index < -0.39 is 0 Å². The van der Waals surface area contributed by atoms with Crippen molar-refractivity contribution >= 4 is 11.6 Å². The Hall–Kier alpha value is -2.49. The molecule has 0 bridgehead atoms. The maximum absolute atomic E-state index is 12.9. The van der Waals surface area contributed by atoms with Crippen LogP contribution in [0.25, 0.3) is 0 Å². The van der Waals surface area contributed by atoms with Crippen molar-refractivity contribution in [1.29, 1.82) is 0 Å². The number of ether oxygens (including phenoxy) is 1. The van der Waals surface area contributed by atoms with Crippen LogP contribution in [0, 0.1) is 0 Å². The average Bonchev–Trinajstić information content (AvgIpc) is 2.71. The minimum absolute atomic E-state index is 0.0686. The number of fused-ring (bicyclic) bond motifs is 1. The topological polar surface area (TPSA) is 41.6 Å². The fourth-order valence-electron chi connectivity index (χ4n) is 3.55. The first-order valence-electron chi connectivity index (χ1n) is 10.1. The van der Waals surface area contributed by atoms with Crippen molar-refractivity contribution < 1.29 is 9.53 Å².